The average molecular weight is 378 g/mol. The van der Waals surface area contributed by atoms with Crippen molar-refractivity contribution in [1.29, 1.82) is 0 Å². The van der Waals surface area contributed by atoms with Crippen LogP contribution in [-0.2, 0) is 14.8 Å². The van der Waals surface area contributed by atoms with Crippen molar-refractivity contribution in [3.63, 3.8) is 0 Å². The van der Waals surface area contributed by atoms with Gasteiger partial charge in [-0.05, 0) is 49.8 Å². The van der Waals surface area contributed by atoms with E-state index in [1.165, 1.54) is 23.2 Å². The lowest BCUT2D eigenvalue weighted by molar-refractivity contribution is -0.126. The number of piperidine rings is 1. The van der Waals surface area contributed by atoms with Crippen molar-refractivity contribution in [2.45, 2.75) is 30.8 Å². The Morgan fingerprint density at radius 1 is 1.23 bits per heavy atom. The highest BCUT2D eigenvalue weighted by atomic mass is 32.2. The largest absolute Gasteiger partial charge is 0.442 e. The van der Waals surface area contributed by atoms with Gasteiger partial charge < -0.3 is 9.73 Å². The zero-order valence-corrected chi connectivity index (χ0v) is 15.2. The van der Waals surface area contributed by atoms with Crippen LogP contribution in [0.5, 0.6) is 0 Å². The molecule has 0 aromatic carbocycles. The molecule has 0 unspecified atom stereocenters. The van der Waals surface area contributed by atoms with Crippen LogP contribution in [-0.4, -0.2) is 48.5 Å². The number of aromatic amines is 1. The van der Waals surface area contributed by atoms with Gasteiger partial charge in [0, 0.05) is 31.7 Å². The third kappa shape index (κ3) is 3.54. The smallest absolute Gasteiger partial charge is 0.276 e. The van der Waals surface area contributed by atoms with Crippen molar-refractivity contribution < 1.29 is 17.6 Å². The number of nitrogens with one attached hydrogen (secondary N) is 2. The molecule has 3 heterocycles. The van der Waals surface area contributed by atoms with Gasteiger partial charge in [-0.25, -0.2) is 8.42 Å². The van der Waals surface area contributed by atoms with Gasteiger partial charge in [0.05, 0.1) is 0 Å². The van der Waals surface area contributed by atoms with Crippen molar-refractivity contribution in [3.8, 4) is 11.5 Å². The minimum atomic E-state index is -3.70. The number of carbonyl (C=O) groups is 1. The summed E-state index contributed by atoms with van der Waals surface area (Å²) in [6, 6.07) is 4.78. The summed E-state index contributed by atoms with van der Waals surface area (Å²) in [7, 11) is -3.70. The second-order valence-corrected chi connectivity index (χ2v) is 8.82. The van der Waals surface area contributed by atoms with E-state index in [-0.39, 0.29) is 16.9 Å². The first-order chi connectivity index (χ1) is 12.5. The summed E-state index contributed by atoms with van der Waals surface area (Å²) < 4.78 is 32.5. The van der Waals surface area contributed by atoms with E-state index >= 15 is 0 Å². The van der Waals surface area contributed by atoms with Crippen LogP contribution in [0.25, 0.3) is 11.5 Å². The number of rotatable bonds is 6. The van der Waals surface area contributed by atoms with E-state index in [1.807, 2.05) is 0 Å². The second-order valence-electron chi connectivity index (χ2n) is 6.96. The van der Waals surface area contributed by atoms with Crippen LogP contribution in [0.4, 0.5) is 0 Å². The number of aromatic nitrogens is 2. The first-order valence-corrected chi connectivity index (χ1v) is 10.4. The van der Waals surface area contributed by atoms with E-state index in [9.17, 15) is 13.2 Å². The molecule has 0 radical (unpaired) electrons. The molecule has 2 fully saturated rings. The molecule has 0 atom stereocenters. The normalized spacial score (nSPS) is 19.5. The Hall–Kier alpha value is -2.13. The molecule has 2 aromatic heterocycles. The van der Waals surface area contributed by atoms with E-state index in [1.54, 1.807) is 18.3 Å². The summed E-state index contributed by atoms with van der Waals surface area (Å²) in [4.78, 5) is 12.2. The van der Waals surface area contributed by atoms with Crippen LogP contribution in [0, 0.1) is 11.8 Å². The van der Waals surface area contributed by atoms with Gasteiger partial charge in [-0.3, -0.25) is 9.89 Å². The molecule has 1 aliphatic carbocycles. The molecular weight excluding hydrogens is 356 g/mol. The van der Waals surface area contributed by atoms with Crippen LogP contribution < -0.4 is 5.32 Å². The van der Waals surface area contributed by atoms with Gasteiger partial charge >= 0.3 is 0 Å². The quantitative estimate of drug-likeness (QED) is 0.794. The van der Waals surface area contributed by atoms with Crippen LogP contribution in [0.3, 0.4) is 0 Å². The van der Waals surface area contributed by atoms with E-state index in [2.05, 4.69) is 15.5 Å². The van der Waals surface area contributed by atoms with Gasteiger partial charge in [0.25, 0.3) is 10.0 Å². The Morgan fingerprint density at radius 3 is 2.65 bits per heavy atom. The highest BCUT2D eigenvalue weighted by molar-refractivity contribution is 7.89. The highest BCUT2D eigenvalue weighted by Crippen LogP contribution is 2.29. The van der Waals surface area contributed by atoms with Gasteiger partial charge in [0.15, 0.2) is 5.76 Å². The van der Waals surface area contributed by atoms with Crippen molar-refractivity contribution in [2.75, 3.05) is 19.6 Å². The van der Waals surface area contributed by atoms with Gasteiger partial charge in [-0.15, -0.1) is 0 Å². The maximum Gasteiger partial charge on any atom is 0.276 e. The fourth-order valence-electron chi connectivity index (χ4n) is 3.19. The molecule has 4 rings (SSSR count). The Bertz CT molecular complexity index is 862. The Labute approximate surface area is 152 Å². The Balaban J connectivity index is 1.37. The summed E-state index contributed by atoms with van der Waals surface area (Å²) in [5, 5.41) is 9.47. The van der Waals surface area contributed by atoms with Crippen LogP contribution in [0.15, 0.2) is 33.9 Å². The van der Waals surface area contributed by atoms with Crippen LogP contribution in [0.1, 0.15) is 25.7 Å². The topological polar surface area (TPSA) is 108 Å². The molecule has 0 bridgehead atoms. The van der Waals surface area contributed by atoms with Gasteiger partial charge in [-0.1, -0.05) is 0 Å². The third-order valence-electron chi connectivity index (χ3n) is 5.03. The van der Waals surface area contributed by atoms with Crippen molar-refractivity contribution in [1.82, 2.24) is 19.8 Å². The summed E-state index contributed by atoms with van der Waals surface area (Å²) >= 11 is 0. The molecule has 1 amide bonds. The number of furan rings is 1. The lowest BCUT2D eigenvalue weighted by atomic mass is 9.97. The zero-order chi connectivity index (χ0) is 18.1. The maximum atomic E-state index is 12.8. The first kappa shape index (κ1) is 17.3. The summed E-state index contributed by atoms with van der Waals surface area (Å²) in [5.41, 5.74) is 0.623. The van der Waals surface area contributed by atoms with Gasteiger partial charge in [0.2, 0.25) is 11.0 Å². The van der Waals surface area contributed by atoms with E-state index < -0.39 is 10.0 Å². The monoisotopic (exact) mass is 378 g/mol. The molecule has 0 spiro atoms. The number of nitrogens with zero attached hydrogens (tertiary/aromatic N) is 2. The minimum absolute atomic E-state index is 0.0495. The molecule has 1 saturated carbocycles. The lowest BCUT2D eigenvalue weighted by Crippen LogP contribution is -2.43. The second kappa shape index (κ2) is 6.88. The van der Waals surface area contributed by atoms with Crippen molar-refractivity contribution in [2.24, 2.45) is 11.8 Å². The Kier molecular flexibility index (Phi) is 4.58. The lowest BCUT2D eigenvalue weighted by Gasteiger charge is -2.29. The molecule has 8 nitrogen and oxygen atoms in total. The van der Waals surface area contributed by atoms with Crippen molar-refractivity contribution >= 4 is 15.9 Å². The third-order valence-corrected chi connectivity index (χ3v) is 6.80. The standard InChI is InChI=1S/C17H22N4O4S/c22-17(18-11-12-1-2-12)13-6-9-21(10-7-13)26(23,24)16-4-3-15(25-16)14-5-8-19-20-14/h3-5,8,12-13H,1-2,6-7,9-11H2,(H,18,22)(H,19,20). The number of H-pyrrole nitrogens is 1. The fourth-order valence-corrected chi connectivity index (χ4v) is 4.57. The van der Waals surface area contributed by atoms with Gasteiger partial charge in [-0.2, -0.15) is 9.40 Å². The molecule has 1 saturated heterocycles. The van der Waals surface area contributed by atoms with Crippen LogP contribution in [0.2, 0.25) is 0 Å². The predicted octanol–water partition coefficient (Wildman–Crippen LogP) is 1.60. The van der Waals surface area contributed by atoms with Gasteiger partial charge in [0.1, 0.15) is 5.69 Å². The fraction of sp³-hybridized carbons (Fsp3) is 0.529. The zero-order valence-electron chi connectivity index (χ0n) is 14.3. The first-order valence-electron chi connectivity index (χ1n) is 8.91. The molecular formula is C17H22N4O4S. The van der Waals surface area contributed by atoms with Crippen molar-refractivity contribution in [3.05, 3.63) is 24.4 Å². The number of hydrogen-bond donors (Lipinski definition) is 2. The Morgan fingerprint density at radius 2 is 2.00 bits per heavy atom. The minimum Gasteiger partial charge on any atom is -0.442 e. The van der Waals surface area contributed by atoms with E-state index in [0.29, 0.717) is 43.3 Å². The predicted molar refractivity (Wildman–Crippen MR) is 93.5 cm³/mol. The molecule has 9 heteroatoms. The molecule has 2 aliphatic rings. The molecule has 1 aliphatic heterocycles. The SMILES string of the molecule is O=C(NCC1CC1)C1CCN(S(=O)(=O)c2ccc(-c3ccn[nH]3)o2)CC1. The number of sulfonamides is 1. The summed E-state index contributed by atoms with van der Waals surface area (Å²) in [5.74, 6) is 1.00. The molecule has 2 aromatic rings. The summed E-state index contributed by atoms with van der Waals surface area (Å²) in [6.45, 7) is 1.40. The summed E-state index contributed by atoms with van der Waals surface area (Å²) in [6.07, 6.45) is 5.03. The number of amides is 1. The molecule has 26 heavy (non-hydrogen) atoms. The number of carbonyl (C=O) groups excluding carboxylic acids is 1. The number of hydrogen-bond acceptors (Lipinski definition) is 5. The van der Waals surface area contributed by atoms with E-state index in [4.69, 9.17) is 4.42 Å². The molecule has 2 N–H and O–H groups in total. The van der Waals surface area contributed by atoms with E-state index in [0.717, 1.165) is 6.54 Å². The average Bonchev–Trinajstić information content (AvgIpc) is 3.12. The molecule has 140 valence electrons. The highest BCUT2D eigenvalue weighted by Gasteiger charge is 2.34. The van der Waals surface area contributed by atoms with Crippen LogP contribution >= 0.6 is 0 Å². The maximum absolute atomic E-state index is 12.8.